The van der Waals surface area contributed by atoms with Crippen LogP contribution < -0.4 is 5.49 Å². The molecule has 2 nitrogen and oxygen atoms in total. The van der Waals surface area contributed by atoms with Crippen molar-refractivity contribution in [3.63, 3.8) is 0 Å². The molecular formula is C10H16N2. The lowest BCUT2D eigenvalue weighted by atomic mass is 10.2. The molecule has 0 unspecified atom stereocenters. The lowest BCUT2D eigenvalue weighted by molar-refractivity contribution is 0.578. The molecule has 0 atom stereocenters. The minimum atomic E-state index is 0.605. The van der Waals surface area contributed by atoms with E-state index in [9.17, 15) is 0 Å². The third-order valence-electron chi connectivity index (χ3n) is 1.94. The molecule has 0 saturated heterocycles. The summed E-state index contributed by atoms with van der Waals surface area (Å²) >= 11 is 0. The Bertz CT molecular complexity index is 275. The standard InChI is InChI=1S/C10H16N2/c1-2-3-5-8-12-9-6-4-7-10(12)11/h4,6-7,9,11H,2-3,5,8H2,1H3. The molecule has 0 aliphatic carbocycles. The molecule has 1 aromatic rings. The van der Waals surface area contributed by atoms with Gasteiger partial charge in [0, 0.05) is 12.7 Å². The summed E-state index contributed by atoms with van der Waals surface area (Å²) in [6.07, 6.45) is 5.64. The average Bonchev–Trinajstić information content (AvgIpc) is 2.09. The quantitative estimate of drug-likeness (QED) is 0.661. The predicted octanol–water partition coefficient (Wildman–Crippen LogP) is 2.16. The number of pyridine rings is 1. The first kappa shape index (κ1) is 9.04. The smallest absolute Gasteiger partial charge is 0.124 e. The van der Waals surface area contributed by atoms with Crippen molar-refractivity contribution in [1.29, 1.82) is 5.41 Å². The SMILES string of the molecule is CCCCCn1ccccc1=N. The molecule has 1 rings (SSSR count). The maximum Gasteiger partial charge on any atom is 0.124 e. The van der Waals surface area contributed by atoms with Crippen molar-refractivity contribution in [2.45, 2.75) is 32.7 Å². The zero-order valence-corrected chi connectivity index (χ0v) is 7.59. The van der Waals surface area contributed by atoms with Crippen molar-refractivity contribution in [2.24, 2.45) is 0 Å². The second-order valence-corrected chi connectivity index (χ2v) is 2.99. The molecule has 0 aliphatic rings. The van der Waals surface area contributed by atoms with Crippen molar-refractivity contribution in [3.05, 3.63) is 29.9 Å². The van der Waals surface area contributed by atoms with Crippen molar-refractivity contribution in [1.82, 2.24) is 4.57 Å². The zero-order valence-electron chi connectivity index (χ0n) is 7.59. The van der Waals surface area contributed by atoms with Crippen molar-refractivity contribution >= 4 is 0 Å². The van der Waals surface area contributed by atoms with E-state index in [2.05, 4.69) is 6.92 Å². The Hall–Kier alpha value is -1.05. The van der Waals surface area contributed by atoms with E-state index in [0.29, 0.717) is 5.49 Å². The minimum absolute atomic E-state index is 0.605. The van der Waals surface area contributed by atoms with Gasteiger partial charge in [-0.15, -0.1) is 0 Å². The largest absolute Gasteiger partial charge is 0.334 e. The number of rotatable bonds is 4. The van der Waals surface area contributed by atoms with Crippen molar-refractivity contribution in [3.8, 4) is 0 Å². The van der Waals surface area contributed by atoms with Crippen molar-refractivity contribution in [2.75, 3.05) is 0 Å². The number of aryl methyl sites for hydroxylation is 1. The molecule has 1 heterocycles. The van der Waals surface area contributed by atoms with Gasteiger partial charge >= 0.3 is 0 Å². The molecule has 12 heavy (non-hydrogen) atoms. The molecule has 2 heteroatoms. The summed E-state index contributed by atoms with van der Waals surface area (Å²) in [7, 11) is 0. The molecule has 0 spiro atoms. The van der Waals surface area contributed by atoms with Crippen LogP contribution in [0.5, 0.6) is 0 Å². The summed E-state index contributed by atoms with van der Waals surface area (Å²) in [5.74, 6) is 0. The first-order valence-corrected chi connectivity index (χ1v) is 4.54. The number of nitrogens with zero attached hydrogens (tertiary/aromatic N) is 1. The molecule has 1 N–H and O–H groups in total. The van der Waals surface area contributed by atoms with E-state index in [1.807, 2.05) is 29.0 Å². The number of hydrogen-bond donors (Lipinski definition) is 1. The third-order valence-corrected chi connectivity index (χ3v) is 1.94. The lowest BCUT2D eigenvalue weighted by Crippen LogP contribution is -2.17. The second-order valence-electron chi connectivity index (χ2n) is 2.99. The van der Waals surface area contributed by atoms with Gasteiger partial charge in [0.05, 0.1) is 0 Å². The van der Waals surface area contributed by atoms with Gasteiger partial charge in [0.15, 0.2) is 0 Å². The van der Waals surface area contributed by atoms with Crippen LogP contribution in [0.3, 0.4) is 0 Å². The van der Waals surface area contributed by atoms with Crippen LogP contribution in [-0.2, 0) is 6.54 Å². The molecule has 0 saturated carbocycles. The van der Waals surface area contributed by atoms with Gasteiger partial charge in [-0.25, -0.2) is 0 Å². The summed E-state index contributed by atoms with van der Waals surface area (Å²) < 4.78 is 1.98. The summed E-state index contributed by atoms with van der Waals surface area (Å²) in [6, 6.07) is 5.70. The Morgan fingerprint density at radius 2 is 2.17 bits per heavy atom. The van der Waals surface area contributed by atoms with Gasteiger partial charge in [0.2, 0.25) is 0 Å². The number of hydrogen-bond acceptors (Lipinski definition) is 1. The predicted molar refractivity (Wildman–Crippen MR) is 49.8 cm³/mol. The summed E-state index contributed by atoms with van der Waals surface area (Å²) in [4.78, 5) is 0. The monoisotopic (exact) mass is 164 g/mol. The first-order chi connectivity index (χ1) is 5.84. The van der Waals surface area contributed by atoms with Crippen molar-refractivity contribution < 1.29 is 0 Å². The van der Waals surface area contributed by atoms with E-state index in [0.717, 1.165) is 6.54 Å². The van der Waals surface area contributed by atoms with E-state index in [4.69, 9.17) is 5.41 Å². The van der Waals surface area contributed by atoms with Crippen LogP contribution in [0.15, 0.2) is 24.4 Å². The Morgan fingerprint density at radius 3 is 2.83 bits per heavy atom. The third kappa shape index (κ3) is 2.53. The highest BCUT2D eigenvalue weighted by Crippen LogP contribution is 1.95. The van der Waals surface area contributed by atoms with Crippen LogP contribution in [0.2, 0.25) is 0 Å². The zero-order chi connectivity index (χ0) is 8.81. The topological polar surface area (TPSA) is 28.8 Å². The highest BCUT2D eigenvalue weighted by atomic mass is 15.0. The molecule has 0 radical (unpaired) electrons. The van der Waals surface area contributed by atoms with Crippen LogP contribution in [0.25, 0.3) is 0 Å². The Morgan fingerprint density at radius 1 is 1.33 bits per heavy atom. The Balaban J connectivity index is 2.52. The van der Waals surface area contributed by atoms with Gasteiger partial charge < -0.3 is 4.57 Å². The molecule has 0 fully saturated rings. The molecule has 66 valence electrons. The van der Waals surface area contributed by atoms with Gasteiger partial charge in [-0.3, -0.25) is 5.41 Å². The summed E-state index contributed by atoms with van der Waals surface area (Å²) in [5.41, 5.74) is 0.605. The normalized spacial score (nSPS) is 10.1. The van der Waals surface area contributed by atoms with E-state index in [1.54, 1.807) is 0 Å². The molecule has 0 amide bonds. The first-order valence-electron chi connectivity index (χ1n) is 4.54. The molecular weight excluding hydrogens is 148 g/mol. The Kier molecular flexibility index (Phi) is 3.58. The second kappa shape index (κ2) is 4.75. The van der Waals surface area contributed by atoms with Gasteiger partial charge in [0.25, 0.3) is 0 Å². The van der Waals surface area contributed by atoms with Crippen LogP contribution in [0, 0.1) is 5.41 Å². The minimum Gasteiger partial charge on any atom is -0.334 e. The highest BCUT2D eigenvalue weighted by Gasteiger charge is 1.89. The van der Waals surface area contributed by atoms with Crippen LogP contribution in [0.4, 0.5) is 0 Å². The van der Waals surface area contributed by atoms with Gasteiger partial charge in [-0.1, -0.05) is 25.8 Å². The van der Waals surface area contributed by atoms with E-state index < -0.39 is 0 Å². The molecule has 0 aliphatic heterocycles. The summed E-state index contributed by atoms with van der Waals surface area (Å²) in [5, 5.41) is 7.57. The highest BCUT2D eigenvalue weighted by molar-refractivity contribution is 4.91. The number of aromatic nitrogens is 1. The summed E-state index contributed by atoms with van der Waals surface area (Å²) in [6.45, 7) is 3.17. The van der Waals surface area contributed by atoms with E-state index >= 15 is 0 Å². The fourth-order valence-electron chi connectivity index (χ4n) is 1.20. The van der Waals surface area contributed by atoms with Crippen LogP contribution in [-0.4, -0.2) is 4.57 Å². The van der Waals surface area contributed by atoms with E-state index in [1.165, 1.54) is 19.3 Å². The van der Waals surface area contributed by atoms with E-state index in [-0.39, 0.29) is 0 Å². The average molecular weight is 164 g/mol. The lowest BCUT2D eigenvalue weighted by Gasteiger charge is -2.04. The van der Waals surface area contributed by atoms with Gasteiger partial charge in [-0.2, -0.15) is 0 Å². The molecule has 0 aromatic carbocycles. The fourth-order valence-corrected chi connectivity index (χ4v) is 1.20. The molecule has 1 aromatic heterocycles. The Labute approximate surface area is 73.4 Å². The van der Waals surface area contributed by atoms with Gasteiger partial charge in [0.1, 0.15) is 5.49 Å². The maximum atomic E-state index is 7.57. The number of unbranched alkanes of at least 4 members (excludes halogenated alkanes) is 2. The fraction of sp³-hybridized carbons (Fsp3) is 0.500. The number of nitrogens with one attached hydrogen (secondary N) is 1. The van der Waals surface area contributed by atoms with Crippen LogP contribution in [0.1, 0.15) is 26.2 Å². The van der Waals surface area contributed by atoms with Gasteiger partial charge in [-0.05, 0) is 18.6 Å². The maximum absolute atomic E-state index is 7.57. The molecule has 0 bridgehead atoms. The van der Waals surface area contributed by atoms with Crippen LogP contribution >= 0.6 is 0 Å².